The van der Waals surface area contributed by atoms with Crippen molar-refractivity contribution < 1.29 is 33.3 Å². The number of nitrogens with zero attached hydrogens (tertiary/aromatic N) is 1. The molecule has 0 saturated carbocycles. The van der Waals surface area contributed by atoms with Gasteiger partial charge < -0.3 is 24.3 Å². The number of esters is 2. The molecule has 0 aliphatic carbocycles. The molecule has 0 unspecified atom stereocenters. The van der Waals surface area contributed by atoms with E-state index in [0.717, 1.165) is 0 Å². The zero-order valence-corrected chi connectivity index (χ0v) is 19.6. The van der Waals surface area contributed by atoms with Crippen molar-refractivity contribution in [2.45, 2.75) is 20.8 Å². The van der Waals surface area contributed by atoms with Gasteiger partial charge in [-0.1, -0.05) is 11.6 Å². The fourth-order valence-electron chi connectivity index (χ4n) is 3.00. The lowest BCUT2D eigenvalue weighted by Crippen LogP contribution is -2.15. The number of carbonyl (C=O) groups excluding carboxylic acids is 3. The molecule has 0 spiro atoms. The molecule has 3 rings (SSSR count). The highest BCUT2D eigenvalue weighted by atomic mass is 35.5. The van der Waals surface area contributed by atoms with Gasteiger partial charge in [0.1, 0.15) is 0 Å². The van der Waals surface area contributed by atoms with E-state index in [4.69, 9.17) is 30.5 Å². The third-order valence-corrected chi connectivity index (χ3v) is 4.63. The zero-order valence-electron chi connectivity index (χ0n) is 18.8. The van der Waals surface area contributed by atoms with Gasteiger partial charge in [0, 0.05) is 18.2 Å². The number of benzene rings is 2. The Balaban J connectivity index is 1.84. The lowest BCUT2D eigenvalue weighted by atomic mass is 10.1. The highest BCUT2D eigenvalue weighted by molar-refractivity contribution is 6.32. The summed E-state index contributed by atoms with van der Waals surface area (Å²) in [6.45, 7) is 5.13. The van der Waals surface area contributed by atoms with Crippen molar-refractivity contribution in [3.05, 3.63) is 58.2 Å². The quantitative estimate of drug-likeness (QED) is 0.421. The standard InChI is InChI=1S/C24H23ClN2O7/c1-4-31-20-12-15(10-18(25)22(20)33-13-21(29)32-5-2)11-19-24(30)34-23(27-19)16-6-8-17(9-7-16)26-14(3)28/h6-12H,4-5,13H2,1-3H3,(H,26,28)/b19-11-. The van der Waals surface area contributed by atoms with Gasteiger partial charge in [0.2, 0.25) is 11.8 Å². The summed E-state index contributed by atoms with van der Waals surface area (Å²) in [5.41, 5.74) is 1.77. The van der Waals surface area contributed by atoms with Gasteiger partial charge in [-0.25, -0.2) is 14.6 Å². The maximum Gasteiger partial charge on any atom is 0.363 e. The molecule has 0 radical (unpaired) electrons. The average Bonchev–Trinajstić information content (AvgIpc) is 3.14. The van der Waals surface area contributed by atoms with E-state index < -0.39 is 11.9 Å². The van der Waals surface area contributed by atoms with Crippen molar-refractivity contribution in [3.63, 3.8) is 0 Å². The van der Waals surface area contributed by atoms with E-state index in [1.54, 1.807) is 50.2 Å². The summed E-state index contributed by atoms with van der Waals surface area (Å²) in [6, 6.07) is 9.89. The summed E-state index contributed by atoms with van der Waals surface area (Å²) in [6.07, 6.45) is 1.50. The first-order chi connectivity index (χ1) is 16.3. The molecule has 34 heavy (non-hydrogen) atoms. The number of nitrogens with one attached hydrogen (secondary N) is 1. The summed E-state index contributed by atoms with van der Waals surface area (Å²) < 4.78 is 21.2. The fraction of sp³-hybridized carbons (Fsp3) is 0.250. The Morgan fingerprint density at radius 3 is 2.50 bits per heavy atom. The van der Waals surface area contributed by atoms with Crippen LogP contribution >= 0.6 is 11.6 Å². The molecule has 1 aliphatic rings. The average molecular weight is 487 g/mol. The molecule has 178 valence electrons. The second-order valence-electron chi connectivity index (χ2n) is 6.95. The summed E-state index contributed by atoms with van der Waals surface area (Å²) in [5, 5.41) is 2.85. The maximum absolute atomic E-state index is 12.4. The van der Waals surface area contributed by atoms with Crippen LogP contribution < -0.4 is 14.8 Å². The Kier molecular flexibility index (Phi) is 8.26. The minimum absolute atomic E-state index is 0.0691. The van der Waals surface area contributed by atoms with Gasteiger partial charge in [-0.05, 0) is 61.9 Å². The largest absolute Gasteiger partial charge is 0.490 e. The van der Waals surface area contributed by atoms with Crippen LogP contribution in [0.4, 0.5) is 5.69 Å². The molecule has 2 aromatic carbocycles. The van der Waals surface area contributed by atoms with E-state index in [2.05, 4.69) is 10.3 Å². The Hall–Kier alpha value is -3.85. The Morgan fingerprint density at radius 1 is 1.12 bits per heavy atom. The molecular weight excluding hydrogens is 464 g/mol. The maximum atomic E-state index is 12.4. The molecule has 0 bridgehead atoms. The summed E-state index contributed by atoms with van der Waals surface area (Å²) >= 11 is 6.36. The number of anilines is 1. The highest BCUT2D eigenvalue weighted by Crippen LogP contribution is 2.37. The Morgan fingerprint density at radius 2 is 1.85 bits per heavy atom. The molecule has 0 atom stereocenters. The predicted octanol–water partition coefficient (Wildman–Crippen LogP) is 3.98. The van der Waals surface area contributed by atoms with Crippen LogP contribution in [0, 0.1) is 0 Å². The number of hydrogen-bond donors (Lipinski definition) is 1. The lowest BCUT2D eigenvalue weighted by molar-refractivity contribution is -0.145. The number of hydrogen-bond acceptors (Lipinski definition) is 8. The molecule has 1 amide bonds. The summed E-state index contributed by atoms with van der Waals surface area (Å²) in [5.74, 6) is -0.724. The van der Waals surface area contributed by atoms with Gasteiger partial charge in [-0.2, -0.15) is 0 Å². The molecule has 0 fully saturated rings. The molecule has 1 aliphatic heterocycles. The summed E-state index contributed by atoms with van der Waals surface area (Å²) in [7, 11) is 0. The number of cyclic esters (lactones) is 1. The molecule has 1 heterocycles. The first kappa shape index (κ1) is 24.8. The van der Waals surface area contributed by atoms with Gasteiger partial charge >= 0.3 is 11.9 Å². The number of rotatable bonds is 9. The van der Waals surface area contributed by atoms with Crippen molar-refractivity contribution in [2.75, 3.05) is 25.1 Å². The molecule has 0 saturated heterocycles. The van der Waals surface area contributed by atoms with E-state index in [0.29, 0.717) is 29.2 Å². The van der Waals surface area contributed by atoms with Crippen LogP contribution in [0.3, 0.4) is 0 Å². The zero-order chi connectivity index (χ0) is 24.7. The van der Waals surface area contributed by atoms with Crippen LogP contribution in [-0.2, 0) is 23.9 Å². The Bertz CT molecular complexity index is 1160. The molecule has 2 aromatic rings. The smallest absolute Gasteiger partial charge is 0.363 e. The van der Waals surface area contributed by atoms with Crippen LogP contribution in [0.25, 0.3) is 6.08 Å². The number of carbonyl (C=O) groups is 3. The van der Waals surface area contributed by atoms with Gasteiger partial charge in [-0.3, -0.25) is 4.79 Å². The van der Waals surface area contributed by atoms with E-state index in [9.17, 15) is 14.4 Å². The van der Waals surface area contributed by atoms with Crippen molar-refractivity contribution >= 4 is 47.1 Å². The predicted molar refractivity (Wildman–Crippen MR) is 126 cm³/mol. The highest BCUT2D eigenvalue weighted by Gasteiger charge is 2.25. The fourth-order valence-corrected chi connectivity index (χ4v) is 3.27. The molecule has 1 N–H and O–H groups in total. The second-order valence-corrected chi connectivity index (χ2v) is 7.36. The van der Waals surface area contributed by atoms with Crippen molar-refractivity contribution in [1.29, 1.82) is 0 Å². The van der Waals surface area contributed by atoms with Crippen LogP contribution in [-0.4, -0.2) is 43.6 Å². The topological polar surface area (TPSA) is 113 Å². The third-order valence-electron chi connectivity index (χ3n) is 4.35. The van der Waals surface area contributed by atoms with Crippen LogP contribution in [0.2, 0.25) is 5.02 Å². The number of amides is 1. The molecule has 0 aromatic heterocycles. The first-order valence-corrected chi connectivity index (χ1v) is 10.8. The van der Waals surface area contributed by atoms with Crippen molar-refractivity contribution in [1.82, 2.24) is 0 Å². The first-order valence-electron chi connectivity index (χ1n) is 10.5. The van der Waals surface area contributed by atoms with Crippen LogP contribution in [0.5, 0.6) is 11.5 Å². The molecular formula is C24H23ClN2O7. The SMILES string of the molecule is CCOC(=O)COc1c(Cl)cc(/C=C2\N=C(c3ccc(NC(C)=O)cc3)OC2=O)cc1OCC. The van der Waals surface area contributed by atoms with Gasteiger partial charge in [0.05, 0.1) is 18.2 Å². The summed E-state index contributed by atoms with van der Waals surface area (Å²) in [4.78, 5) is 39.4. The van der Waals surface area contributed by atoms with E-state index >= 15 is 0 Å². The van der Waals surface area contributed by atoms with Crippen LogP contribution in [0.1, 0.15) is 31.9 Å². The third kappa shape index (κ3) is 6.35. The second kappa shape index (κ2) is 11.3. The Labute approximate surface area is 201 Å². The minimum atomic E-state index is -0.627. The van der Waals surface area contributed by atoms with Gasteiger partial charge in [0.25, 0.3) is 0 Å². The normalized spacial score (nSPS) is 13.8. The van der Waals surface area contributed by atoms with Crippen molar-refractivity contribution in [3.8, 4) is 11.5 Å². The number of ether oxygens (including phenoxy) is 4. The number of aliphatic imine (C=N–C) groups is 1. The van der Waals surface area contributed by atoms with E-state index in [1.807, 2.05) is 0 Å². The monoisotopic (exact) mass is 486 g/mol. The molecule has 9 nitrogen and oxygen atoms in total. The van der Waals surface area contributed by atoms with Gasteiger partial charge in [-0.15, -0.1) is 0 Å². The van der Waals surface area contributed by atoms with Gasteiger partial charge in [0.15, 0.2) is 23.8 Å². The minimum Gasteiger partial charge on any atom is -0.490 e. The van der Waals surface area contributed by atoms with Crippen molar-refractivity contribution in [2.24, 2.45) is 4.99 Å². The molecule has 10 heteroatoms. The van der Waals surface area contributed by atoms with E-state index in [-0.39, 0.29) is 41.5 Å². The lowest BCUT2D eigenvalue weighted by Gasteiger charge is -2.14. The van der Waals surface area contributed by atoms with E-state index in [1.165, 1.54) is 13.0 Å². The van der Waals surface area contributed by atoms with Crippen LogP contribution in [0.15, 0.2) is 47.1 Å². The number of halogens is 1.